The molecule has 1 fully saturated rings. The van der Waals surface area contributed by atoms with Crippen LogP contribution in [0, 0.1) is 18.7 Å². The maximum atomic E-state index is 13.5. The third-order valence-corrected chi connectivity index (χ3v) is 4.98. The lowest BCUT2D eigenvalue weighted by atomic mass is 9.89. The van der Waals surface area contributed by atoms with Crippen molar-refractivity contribution >= 4 is 11.9 Å². The van der Waals surface area contributed by atoms with E-state index < -0.39 is 17.7 Å². The molecule has 0 spiro atoms. The fourth-order valence-corrected chi connectivity index (χ4v) is 3.53. The van der Waals surface area contributed by atoms with Crippen LogP contribution in [0.25, 0.3) is 0 Å². The molecule has 2 aromatic rings. The van der Waals surface area contributed by atoms with Gasteiger partial charge in [0.15, 0.2) is 0 Å². The van der Waals surface area contributed by atoms with Gasteiger partial charge in [-0.2, -0.15) is 0 Å². The monoisotopic (exact) mass is 359 g/mol. The van der Waals surface area contributed by atoms with Gasteiger partial charge in [-0.05, 0) is 31.0 Å². The third-order valence-electron chi connectivity index (χ3n) is 4.98. The molecule has 138 valence electrons. The van der Waals surface area contributed by atoms with Crippen LogP contribution in [0.2, 0.25) is 0 Å². The number of halogens is 1. The second-order valence-electron chi connectivity index (χ2n) is 6.68. The number of rotatable bonds is 6. The Morgan fingerprint density at radius 2 is 2.15 bits per heavy atom. The normalized spacial score (nSPS) is 19.7. The van der Waals surface area contributed by atoms with Crippen LogP contribution in [0.4, 0.5) is 4.39 Å². The largest absolute Gasteiger partial charge is 0.481 e. The maximum Gasteiger partial charge on any atom is 0.308 e. The number of imidazole rings is 1. The SMILES string of the molecule is Cc1nccn1CCCC(=O)N1C[C@H](C(=O)O)[C@@H](c2cccc(F)c2)C1. The third kappa shape index (κ3) is 3.92. The molecule has 0 bridgehead atoms. The average molecular weight is 359 g/mol. The topological polar surface area (TPSA) is 75.4 Å². The minimum Gasteiger partial charge on any atom is -0.481 e. The number of hydrogen-bond acceptors (Lipinski definition) is 3. The summed E-state index contributed by atoms with van der Waals surface area (Å²) in [6, 6.07) is 5.98. The van der Waals surface area contributed by atoms with Gasteiger partial charge in [0.1, 0.15) is 11.6 Å². The van der Waals surface area contributed by atoms with Crippen LogP contribution in [0.5, 0.6) is 0 Å². The number of carbonyl (C=O) groups is 2. The zero-order valence-electron chi connectivity index (χ0n) is 14.6. The fraction of sp³-hybridized carbons (Fsp3) is 0.421. The highest BCUT2D eigenvalue weighted by Gasteiger charge is 2.40. The number of benzene rings is 1. The van der Waals surface area contributed by atoms with Gasteiger partial charge >= 0.3 is 5.97 Å². The minimum atomic E-state index is -0.955. The lowest BCUT2D eigenvalue weighted by molar-refractivity contribution is -0.141. The first-order chi connectivity index (χ1) is 12.5. The van der Waals surface area contributed by atoms with Crippen molar-refractivity contribution in [3.05, 3.63) is 53.9 Å². The van der Waals surface area contributed by atoms with Crippen LogP contribution in [-0.2, 0) is 16.1 Å². The van der Waals surface area contributed by atoms with E-state index >= 15 is 0 Å². The van der Waals surface area contributed by atoms with E-state index in [1.54, 1.807) is 23.2 Å². The molecular formula is C19H22FN3O3. The first-order valence-corrected chi connectivity index (χ1v) is 8.69. The second-order valence-corrected chi connectivity index (χ2v) is 6.68. The molecule has 0 unspecified atom stereocenters. The summed E-state index contributed by atoms with van der Waals surface area (Å²) in [5.74, 6) is -1.61. The molecular weight excluding hydrogens is 337 g/mol. The summed E-state index contributed by atoms with van der Waals surface area (Å²) >= 11 is 0. The van der Waals surface area contributed by atoms with Crippen molar-refractivity contribution < 1.29 is 19.1 Å². The fourth-order valence-electron chi connectivity index (χ4n) is 3.53. The van der Waals surface area contributed by atoms with Crippen molar-refractivity contribution in [2.45, 2.75) is 32.2 Å². The molecule has 0 saturated carbocycles. The summed E-state index contributed by atoms with van der Waals surface area (Å²) < 4.78 is 15.5. The van der Waals surface area contributed by atoms with Crippen LogP contribution in [0.3, 0.4) is 0 Å². The van der Waals surface area contributed by atoms with Crippen molar-refractivity contribution in [3.8, 4) is 0 Å². The van der Waals surface area contributed by atoms with Crippen LogP contribution in [-0.4, -0.2) is 44.5 Å². The van der Waals surface area contributed by atoms with Crippen LogP contribution in [0.1, 0.15) is 30.1 Å². The molecule has 1 saturated heterocycles. The number of aliphatic carboxylic acids is 1. The number of amides is 1. The molecule has 1 aliphatic rings. The molecule has 1 amide bonds. The van der Waals surface area contributed by atoms with E-state index in [-0.39, 0.29) is 18.4 Å². The van der Waals surface area contributed by atoms with Crippen molar-refractivity contribution in [2.24, 2.45) is 5.92 Å². The Hall–Kier alpha value is -2.70. The minimum absolute atomic E-state index is 0.0621. The number of carboxylic acid groups (broad SMARTS) is 1. The Kier molecular flexibility index (Phi) is 5.35. The summed E-state index contributed by atoms with van der Waals surface area (Å²) in [5, 5.41) is 9.50. The van der Waals surface area contributed by atoms with Gasteiger partial charge in [-0.1, -0.05) is 12.1 Å². The van der Waals surface area contributed by atoms with E-state index in [2.05, 4.69) is 4.98 Å². The summed E-state index contributed by atoms with van der Waals surface area (Å²) in [6.45, 7) is 3.08. The lowest BCUT2D eigenvalue weighted by Crippen LogP contribution is -2.29. The van der Waals surface area contributed by atoms with Gasteiger partial charge in [0.2, 0.25) is 5.91 Å². The van der Waals surface area contributed by atoms with Crippen LogP contribution in [0.15, 0.2) is 36.7 Å². The van der Waals surface area contributed by atoms with E-state index in [0.29, 0.717) is 31.5 Å². The Morgan fingerprint density at radius 1 is 1.35 bits per heavy atom. The Morgan fingerprint density at radius 3 is 2.81 bits per heavy atom. The Labute approximate surface area is 151 Å². The maximum absolute atomic E-state index is 13.5. The van der Waals surface area contributed by atoms with Crippen molar-refractivity contribution in [1.29, 1.82) is 0 Å². The standard InChI is InChI=1S/C19H22FN3O3/c1-13-21-7-9-22(13)8-3-6-18(24)23-11-16(17(12-23)19(25)26)14-4-2-5-15(20)10-14/h2,4-5,7,9-10,16-17H,3,6,8,11-12H2,1H3,(H,25,26)/t16-,17+/m1/s1. The predicted molar refractivity (Wildman–Crippen MR) is 93.0 cm³/mol. The molecule has 26 heavy (non-hydrogen) atoms. The van der Waals surface area contributed by atoms with Crippen molar-refractivity contribution in [2.75, 3.05) is 13.1 Å². The van der Waals surface area contributed by atoms with E-state index in [9.17, 15) is 19.1 Å². The smallest absolute Gasteiger partial charge is 0.308 e. The number of aromatic nitrogens is 2. The highest BCUT2D eigenvalue weighted by Crippen LogP contribution is 2.33. The van der Waals surface area contributed by atoms with Gasteiger partial charge in [-0.25, -0.2) is 9.37 Å². The van der Waals surface area contributed by atoms with E-state index in [4.69, 9.17) is 0 Å². The first-order valence-electron chi connectivity index (χ1n) is 8.69. The van der Waals surface area contributed by atoms with Gasteiger partial charge in [-0.3, -0.25) is 9.59 Å². The van der Waals surface area contributed by atoms with Gasteiger partial charge in [-0.15, -0.1) is 0 Å². The second kappa shape index (κ2) is 7.68. The molecule has 2 heterocycles. The summed E-state index contributed by atoms with van der Waals surface area (Å²) in [5.41, 5.74) is 0.627. The summed E-state index contributed by atoms with van der Waals surface area (Å²) in [4.78, 5) is 29.8. The average Bonchev–Trinajstić information content (AvgIpc) is 3.22. The quantitative estimate of drug-likeness (QED) is 0.860. The lowest BCUT2D eigenvalue weighted by Gasteiger charge is -2.17. The van der Waals surface area contributed by atoms with E-state index in [0.717, 1.165) is 5.82 Å². The van der Waals surface area contributed by atoms with Crippen LogP contribution < -0.4 is 0 Å². The van der Waals surface area contributed by atoms with Crippen molar-refractivity contribution in [3.63, 3.8) is 0 Å². The molecule has 2 atom stereocenters. The molecule has 7 heteroatoms. The number of carboxylic acids is 1. The summed E-state index contributed by atoms with van der Waals surface area (Å²) in [7, 11) is 0. The van der Waals surface area contributed by atoms with Crippen molar-refractivity contribution in [1.82, 2.24) is 14.5 Å². The molecule has 3 rings (SSSR count). The van der Waals surface area contributed by atoms with Crippen LogP contribution >= 0.6 is 0 Å². The Bertz CT molecular complexity index is 805. The molecule has 1 aromatic heterocycles. The first kappa shape index (κ1) is 18.1. The summed E-state index contributed by atoms with van der Waals surface area (Å²) in [6.07, 6.45) is 4.60. The number of likely N-dealkylation sites (tertiary alicyclic amines) is 1. The van der Waals surface area contributed by atoms with Gasteiger partial charge < -0.3 is 14.6 Å². The van der Waals surface area contributed by atoms with Gasteiger partial charge in [0, 0.05) is 44.4 Å². The number of carbonyl (C=O) groups excluding carboxylic acids is 1. The number of hydrogen-bond donors (Lipinski definition) is 1. The Balaban J connectivity index is 1.62. The van der Waals surface area contributed by atoms with Gasteiger partial charge in [0.05, 0.1) is 5.92 Å². The predicted octanol–water partition coefficient (Wildman–Crippen LogP) is 2.44. The molecule has 6 nitrogen and oxygen atoms in total. The molecule has 0 aliphatic carbocycles. The molecule has 1 aliphatic heterocycles. The number of aryl methyl sites for hydroxylation is 2. The number of nitrogens with zero attached hydrogens (tertiary/aromatic N) is 3. The molecule has 0 radical (unpaired) electrons. The highest BCUT2D eigenvalue weighted by molar-refractivity contribution is 5.79. The zero-order chi connectivity index (χ0) is 18.7. The van der Waals surface area contributed by atoms with E-state index in [1.807, 2.05) is 17.7 Å². The molecule has 1 aromatic carbocycles. The molecule has 1 N–H and O–H groups in total. The highest BCUT2D eigenvalue weighted by atomic mass is 19.1. The van der Waals surface area contributed by atoms with E-state index in [1.165, 1.54) is 12.1 Å². The van der Waals surface area contributed by atoms with Gasteiger partial charge in [0.25, 0.3) is 0 Å². The zero-order valence-corrected chi connectivity index (χ0v) is 14.6.